The molecule has 0 aliphatic carbocycles. The molecule has 0 saturated carbocycles. The zero-order chi connectivity index (χ0) is 15.7. The van der Waals surface area contributed by atoms with Gasteiger partial charge in [0.05, 0.1) is 4.90 Å². The molecular formula is C16H14N2O2S2. The van der Waals surface area contributed by atoms with Gasteiger partial charge in [-0.1, -0.05) is 48.0 Å². The highest BCUT2D eigenvalue weighted by Gasteiger charge is 2.24. The molecule has 22 heavy (non-hydrogen) atoms. The second-order valence-corrected chi connectivity index (χ2v) is 7.23. The van der Waals surface area contributed by atoms with E-state index >= 15 is 0 Å². The topological polar surface area (TPSA) is 62.8 Å². The van der Waals surface area contributed by atoms with E-state index in [0.717, 1.165) is 11.1 Å². The normalized spacial score (nSPS) is 11.5. The van der Waals surface area contributed by atoms with Crippen LogP contribution in [0.1, 0.15) is 5.56 Å². The van der Waals surface area contributed by atoms with Gasteiger partial charge in [-0.15, -0.1) is 12.6 Å². The lowest BCUT2D eigenvalue weighted by Crippen LogP contribution is -2.03. The molecule has 0 saturated heterocycles. The summed E-state index contributed by atoms with van der Waals surface area (Å²) in [5.41, 5.74) is 1.81. The van der Waals surface area contributed by atoms with E-state index in [1.807, 2.05) is 37.3 Å². The molecule has 3 rings (SSSR count). The fourth-order valence-corrected chi connectivity index (χ4v) is 3.85. The smallest absolute Gasteiger partial charge is 0.226 e. The minimum atomic E-state index is -3.69. The summed E-state index contributed by atoms with van der Waals surface area (Å²) in [5.74, 6) is 0.483. The Morgan fingerprint density at radius 1 is 1.00 bits per heavy atom. The molecule has 0 atom stereocenters. The van der Waals surface area contributed by atoms with Crippen LogP contribution < -0.4 is 0 Å². The lowest BCUT2D eigenvalue weighted by atomic mass is 10.2. The predicted molar refractivity (Wildman–Crippen MR) is 87.9 cm³/mol. The number of aromatic nitrogens is 2. The van der Waals surface area contributed by atoms with Gasteiger partial charge in [-0.3, -0.25) is 0 Å². The second kappa shape index (κ2) is 5.62. The lowest BCUT2D eigenvalue weighted by molar-refractivity contribution is 0.590. The Hall–Kier alpha value is -2.05. The highest BCUT2D eigenvalue weighted by atomic mass is 32.2. The summed E-state index contributed by atoms with van der Waals surface area (Å²) in [6.45, 7) is 1.91. The maximum absolute atomic E-state index is 12.7. The Labute approximate surface area is 134 Å². The average Bonchev–Trinajstić information content (AvgIpc) is 2.91. The Kier molecular flexibility index (Phi) is 3.80. The summed E-state index contributed by atoms with van der Waals surface area (Å²) in [6, 6.07) is 16.0. The standard InChI is InChI=1S/C16H14N2O2S2/c1-11-7-9-13(10-8-11)22(19,20)16-15(21)17-14(18-16)12-5-3-2-4-6-12/h2-10,21H,1H3,(H,17,18). The molecule has 0 aliphatic rings. The van der Waals surface area contributed by atoms with Crippen LogP contribution in [0.2, 0.25) is 0 Å². The molecular weight excluding hydrogens is 316 g/mol. The van der Waals surface area contributed by atoms with Gasteiger partial charge in [0.1, 0.15) is 10.9 Å². The largest absolute Gasteiger partial charge is 0.332 e. The predicted octanol–water partition coefficient (Wildman–Crippen LogP) is 3.51. The molecule has 0 unspecified atom stereocenters. The molecule has 3 aromatic rings. The molecule has 0 radical (unpaired) electrons. The van der Waals surface area contributed by atoms with Gasteiger partial charge in [0.25, 0.3) is 0 Å². The average molecular weight is 330 g/mol. The highest BCUT2D eigenvalue weighted by molar-refractivity contribution is 7.92. The summed E-state index contributed by atoms with van der Waals surface area (Å²) < 4.78 is 25.4. The molecule has 6 heteroatoms. The fourth-order valence-electron chi connectivity index (χ4n) is 2.10. The van der Waals surface area contributed by atoms with E-state index < -0.39 is 9.84 Å². The third kappa shape index (κ3) is 2.67. The number of nitrogens with zero attached hydrogens (tertiary/aromatic N) is 1. The molecule has 0 aliphatic heterocycles. The minimum absolute atomic E-state index is 0.0569. The SMILES string of the molecule is Cc1ccc(S(=O)(=O)c2nc(-c3ccccc3)[nH]c2S)cc1. The molecule has 0 bridgehead atoms. The van der Waals surface area contributed by atoms with Gasteiger partial charge in [0, 0.05) is 5.56 Å². The molecule has 2 aromatic carbocycles. The van der Waals surface area contributed by atoms with Crippen LogP contribution in [-0.2, 0) is 9.84 Å². The van der Waals surface area contributed by atoms with Crippen molar-refractivity contribution >= 4 is 22.5 Å². The monoisotopic (exact) mass is 330 g/mol. The van der Waals surface area contributed by atoms with Crippen LogP contribution in [0.5, 0.6) is 0 Å². The summed E-state index contributed by atoms with van der Waals surface area (Å²) in [7, 11) is -3.69. The number of rotatable bonds is 3. The summed E-state index contributed by atoms with van der Waals surface area (Å²) in [4.78, 5) is 7.36. The quantitative estimate of drug-likeness (QED) is 0.722. The van der Waals surface area contributed by atoms with Crippen LogP contribution >= 0.6 is 12.6 Å². The number of hydrogen-bond acceptors (Lipinski definition) is 4. The zero-order valence-electron chi connectivity index (χ0n) is 11.8. The number of aromatic amines is 1. The van der Waals surface area contributed by atoms with Gasteiger partial charge >= 0.3 is 0 Å². The first-order chi connectivity index (χ1) is 10.5. The maximum Gasteiger partial charge on any atom is 0.226 e. The van der Waals surface area contributed by atoms with Gasteiger partial charge in [-0.2, -0.15) is 0 Å². The molecule has 0 spiro atoms. The van der Waals surface area contributed by atoms with Crippen LogP contribution in [0.4, 0.5) is 0 Å². The number of nitrogens with one attached hydrogen (secondary N) is 1. The van der Waals surface area contributed by atoms with E-state index in [1.165, 1.54) is 0 Å². The van der Waals surface area contributed by atoms with Crippen molar-refractivity contribution in [2.45, 2.75) is 21.9 Å². The number of sulfone groups is 1. The molecule has 1 N–H and O–H groups in total. The fraction of sp³-hybridized carbons (Fsp3) is 0.0625. The molecule has 0 amide bonds. The second-order valence-electron chi connectivity index (χ2n) is 4.92. The number of aryl methyl sites for hydroxylation is 1. The summed E-state index contributed by atoms with van der Waals surface area (Å²) >= 11 is 4.24. The minimum Gasteiger partial charge on any atom is -0.332 e. The van der Waals surface area contributed by atoms with E-state index in [4.69, 9.17) is 0 Å². The number of thiol groups is 1. The van der Waals surface area contributed by atoms with Crippen molar-refractivity contribution in [3.05, 3.63) is 60.2 Å². The zero-order valence-corrected chi connectivity index (χ0v) is 13.5. The molecule has 4 nitrogen and oxygen atoms in total. The molecule has 1 heterocycles. The maximum atomic E-state index is 12.7. The Bertz CT molecular complexity index is 899. The van der Waals surface area contributed by atoms with Crippen molar-refractivity contribution in [1.82, 2.24) is 9.97 Å². The van der Waals surface area contributed by atoms with Crippen LogP contribution in [0.15, 0.2) is 69.5 Å². The van der Waals surface area contributed by atoms with Crippen LogP contribution in [0.25, 0.3) is 11.4 Å². The van der Waals surface area contributed by atoms with E-state index in [0.29, 0.717) is 5.82 Å². The van der Waals surface area contributed by atoms with Crippen molar-refractivity contribution in [3.8, 4) is 11.4 Å². The van der Waals surface area contributed by atoms with Gasteiger partial charge in [0.2, 0.25) is 9.84 Å². The van der Waals surface area contributed by atoms with Crippen LogP contribution in [0.3, 0.4) is 0 Å². The van der Waals surface area contributed by atoms with Crippen molar-refractivity contribution in [2.75, 3.05) is 0 Å². The van der Waals surface area contributed by atoms with Crippen molar-refractivity contribution in [1.29, 1.82) is 0 Å². The highest BCUT2D eigenvalue weighted by Crippen LogP contribution is 2.28. The first kappa shape index (κ1) is 14.9. The molecule has 0 fully saturated rings. The Morgan fingerprint density at radius 3 is 2.27 bits per heavy atom. The van der Waals surface area contributed by atoms with E-state index in [-0.39, 0.29) is 14.9 Å². The van der Waals surface area contributed by atoms with Gasteiger partial charge in [-0.05, 0) is 19.1 Å². The Balaban J connectivity index is 2.09. The van der Waals surface area contributed by atoms with Crippen LogP contribution in [0, 0.1) is 6.92 Å². The third-order valence-electron chi connectivity index (χ3n) is 3.29. The first-order valence-corrected chi connectivity index (χ1v) is 8.57. The number of H-pyrrole nitrogens is 1. The van der Waals surface area contributed by atoms with E-state index in [9.17, 15) is 8.42 Å². The van der Waals surface area contributed by atoms with Crippen molar-refractivity contribution < 1.29 is 8.42 Å². The lowest BCUT2D eigenvalue weighted by Gasteiger charge is -2.02. The number of hydrogen-bond donors (Lipinski definition) is 2. The molecule has 112 valence electrons. The number of benzene rings is 2. The van der Waals surface area contributed by atoms with E-state index in [2.05, 4.69) is 22.6 Å². The van der Waals surface area contributed by atoms with Gasteiger partial charge in [-0.25, -0.2) is 13.4 Å². The van der Waals surface area contributed by atoms with Gasteiger partial charge < -0.3 is 4.98 Å². The Morgan fingerprint density at radius 2 is 1.64 bits per heavy atom. The summed E-state index contributed by atoms with van der Waals surface area (Å²) in [6.07, 6.45) is 0. The van der Waals surface area contributed by atoms with Crippen LogP contribution in [-0.4, -0.2) is 18.4 Å². The number of imidazole rings is 1. The first-order valence-electron chi connectivity index (χ1n) is 6.64. The van der Waals surface area contributed by atoms with Crippen molar-refractivity contribution in [3.63, 3.8) is 0 Å². The van der Waals surface area contributed by atoms with Crippen molar-refractivity contribution in [2.24, 2.45) is 0 Å². The summed E-state index contributed by atoms with van der Waals surface area (Å²) in [5, 5.41) is 0.179. The third-order valence-corrected chi connectivity index (χ3v) is 5.46. The van der Waals surface area contributed by atoms with Gasteiger partial charge in [0.15, 0.2) is 5.03 Å². The molecule has 1 aromatic heterocycles. The van der Waals surface area contributed by atoms with E-state index in [1.54, 1.807) is 24.3 Å².